The predicted octanol–water partition coefficient (Wildman–Crippen LogP) is 2.14. The number of aromatic nitrogens is 2. The van der Waals surface area contributed by atoms with E-state index < -0.39 is 11.9 Å². The van der Waals surface area contributed by atoms with Crippen LogP contribution in [0, 0.1) is 0 Å². The van der Waals surface area contributed by atoms with Gasteiger partial charge in [0, 0.05) is 41.7 Å². The van der Waals surface area contributed by atoms with Crippen LogP contribution in [0.3, 0.4) is 0 Å². The summed E-state index contributed by atoms with van der Waals surface area (Å²) in [4.78, 5) is 29.0. The molecule has 0 saturated heterocycles. The third-order valence-corrected chi connectivity index (χ3v) is 4.24. The number of nitrogens with one attached hydrogen (secondary N) is 1. The summed E-state index contributed by atoms with van der Waals surface area (Å²) in [7, 11) is 3.03. The highest BCUT2D eigenvalue weighted by molar-refractivity contribution is 7.15. The normalized spacial score (nSPS) is 10.5. The molecule has 0 atom stereocenters. The number of nitrogens with zero attached hydrogens (tertiary/aromatic N) is 2. The van der Waals surface area contributed by atoms with Crippen molar-refractivity contribution in [2.75, 3.05) is 26.1 Å². The number of amides is 1. The number of carbonyl (C=O) groups is 2. The Labute approximate surface area is 153 Å². The summed E-state index contributed by atoms with van der Waals surface area (Å²) in [6.45, 7) is -0.388. The molecule has 2 aromatic heterocycles. The number of methoxy groups -OCH3 is 2. The zero-order valence-corrected chi connectivity index (χ0v) is 15.0. The first-order valence-electron chi connectivity index (χ1n) is 7.67. The molecule has 0 aliphatic rings. The Bertz CT molecular complexity index is 883. The van der Waals surface area contributed by atoms with E-state index in [1.54, 1.807) is 24.4 Å². The van der Waals surface area contributed by atoms with Crippen LogP contribution >= 0.6 is 11.3 Å². The van der Waals surface area contributed by atoms with E-state index in [0.717, 1.165) is 4.96 Å². The first-order chi connectivity index (χ1) is 12.6. The Morgan fingerprint density at radius 1 is 1.19 bits per heavy atom. The lowest BCUT2D eigenvalue weighted by Gasteiger charge is -2.10. The molecular weight excluding hydrogens is 358 g/mol. The minimum atomic E-state index is -0.519. The number of benzene rings is 1. The van der Waals surface area contributed by atoms with Gasteiger partial charge in [-0.3, -0.25) is 14.0 Å². The van der Waals surface area contributed by atoms with Crippen LogP contribution < -0.4 is 14.8 Å². The van der Waals surface area contributed by atoms with Crippen LogP contribution in [0.15, 0.2) is 36.0 Å². The Kier molecular flexibility index (Phi) is 5.37. The molecule has 0 aliphatic carbocycles. The van der Waals surface area contributed by atoms with E-state index in [9.17, 15) is 9.59 Å². The number of thiazole rings is 1. The fourth-order valence-electron chi connectivity index (χ4n) is 2.28. The monoisotopic (exact) mass is 375 g/mol. The van der Waals surface area contributed by atoms with Crippen LogP contribution in [0.25, 0.3) is 4.96 Å². The van der Waals surface area contributed by atoms with E-state index in [1.807, 2.05) is 16.0 Å². The van der Waals surface area contributed by atoms with Crippen LogP contribution in [0.1, 0.15) is 5.69 Å². The van der Waals surface area contributed by atoms with E-state index >= 15 is 0 Å². The van der Waals surface area contributed by atoms with Crippen molar-refractivity contribution in [3.05, 3.63) is 41.7 Å². The summed E-state index contributed by atoms with van der Waals surface area (Å²) in [5.74, 6) is 0.0985. The van der Waals surface area contributed by atoms with Gasteiger partial charge in [-0.25, -0.2) is 4.98 Å². The van der Waals surface area contributed by atoms with Crippen molar-refractivity contribution in [3.63, 3.8) is 0 Å². The van der Waals surface area contributed by atoms with Crippen molar-refractivity contribution in [1.82, 2.24) is 9.38 Å². The summed E-state index contributed by atoms with van der Waals surface area (Å²) in [6.07, 6.45) is 3.63. The lowest BCUT2D eigenvalue weighted by atomic mass is 10.2. The van der Waals surface area contributed by atoms with Crippen molar-refractivity contribution in [2.24, 2.45) is 0 Å². The number of imidazole rings is 1. The number of anilines is 1. The standard InChI is InChI=1S/C17H17N3O5S/c1-23-13-5-11(6-14(8-13)24-2)18-15(21)10-25-16(22)7-12-9-20-3-4-26-17(20)19-12/h3-6,8-9H,7,10H2,1-2H3,(H,18,21). The highest BCUT2D eigenvalue weighted by Gasteiger charge is 2.12. The Balaban J connectivity index is 1.51. The van der Waals surface area contributed by atoms with Crippen LogP contribution in [-0.2, 0) is 20.7 Å². The smallest absolute Gasteiger partial charge is 0.312 e. The molecule has 3 rings (SSSR count). The molecule has 0 fully saturated rings. The minimum Gasteiger partial charge on any atom is -0.497 e. The highest BCUT2D eigenvalue weighted by atomic mass is 32.1. The fraction of sp³-hybridized carbons (Fsp3) is 0.235. The molecule has 0 spiro atoms. The van der Waals surface area contributed by atoms with Gasteiger partial charge in [-0.15, -0.1) is 11.3 Å². The van der Waals surface area contributed by atoms with Gasteiger partial charge in [0.2, 0.25) is 0 Å². The summed E-state index contributed by atoms with van der Waals surface area (Å²) in [5, 5.41) is 4.54. The molecule has 0 saturated carbocycles. The first-order valence-corrected chi connectivity index (χ1v) is 8.55. The number of hydrogen-bond acceptors (Lipinski definition) is 7. The summed E-state index contributed by atoms with van der Waals surface area (Å²) in [6, 6.07) is 4.96. The maximum Gasteiger partial charge on any atom is 0.312 e. The van der Waals surface area contributed by atoms with E-state index in [0.29, 0.717) is 22.9 Å². The van der Waals surface area contributed by atoms with Gasteiger partial charge in [0.1, 0.15) is 11.5 Å². The molecule has 2 heterocycles. The number of rotatable bonds is 7. The molecule has 1 N–H and O–H groups in total. The third kappa shape index (κ3) is 4.31. The number of carbonyl (C=O) groups excluding carboxylic acids is 2. The first kappa shape index (κ1) is 17.7. The number of hydrogen-bond donors (Lipinski definition) is 1. The van der Waals surface area contributed by atoms with Crippen molar-refractivity contribution >= 4 is 33.9 Å². The van der Waals surface area contributed by atoms with Gasteiger partial charge in [-0.2, -0.15) is 0 Å². The minimum absolute atomic E-state index is 0.00859. The average molecular weight is 375 g/mol. The molecule has 0 radical (unpaired) electrons. The number of ether oxygens (including phenoxy) is 3. The SMILES string of the molecule is COc1cc(NC(=O)COC(=O)Cc2cn3ccsc3n2)cc(OC)c1. The Morgan fingerprint density at radius 3 is 2.58 bits per heavy atom. The summed E-state index contributed by atoms with van der Waals surface area (Å²) >= 11 is 1.48. The molecule has 26 heavy (non-hydrogen) atoms. The Hall–Kier alpha value is -3.07. The fourth-order valence-corrected chi connectivity index (χ4v) is 3.00. The topological polar surface area (TPSA) is 91.2 Å². The quantitative estimate of drug-likeness (QED) is 0.636. The molecule has 136 valence electrons. The average Bonchev–Trinajstić information content (AvgIpc) is 3.21. The van der Waals surface area contributed by atoms with Crippen LogP contribution in [-0.4, -0.2) is 42.1 Å². The zero-order valence-electron chi connectivity index (χ0n) is 14.2. The zero-order chi connectivity index (χ0) is 18.5. The molecule has 8 nitrogen and oxygen atoms in total. The molecule has 3 aromatic rings. The summed E-state index contributed by atoms with van der Waals surface area (Å²) in [5.41, 5.74) is 1.08. The number of fused-ring (bicyclic) bond motifs is 1. The van der Waals surface area contributed by atoms with Crippen LogP contribution in [0.2, 0.25) is 0 Å². The maximum absolute atomic E-state index is 12.0. The maximum atomic E-state index is 12.0. The van der Waals surface area contributed by atoms with Crippen molar-refractivity contribution in [3.8, 4) is 11.5 Å². The predicted molar refractivity (Wildman–Crippen MR) is 95.9 cm³/mol. The van der Waals surface area contributed by atoms with Crippen LogP contribution in [0.4, 0.5) is 5.69 Å². The van der Waals surface area contributed by atoms with Crippen molar-refractivity contribution in [2.45, 2.75) is 6.42 Å². The van der Waals surface area contributed by atoms with Crippen LogP contribution in [0.5, 0.6) is 11.5 Å². The van der Waals surface area contributed by atoms with Crippen molar-refractivity contribution in [1.29, 1.82) is 0 Å². The second-order valence-electron chi connectivity index (χ2n) is 5.31. The third-order valence-electron chi connectivity index (χ3n) is 3.47. The molecule has 0 aliphatic heterocycles. The second-order valence-corrected chi connectivity index (χ2v) is 6.19. The highest BCUT2D eigenvalue weighted by Crippen LogP contribution is 2.25. The van der Waals surface area contributed by atoms with Gasteiger partial charge in [-0.05, 0) is 0 Å². The molecule has 0 unspecified atom stereocenters. The van der Waals surface area contributed by atoms with E-state index in [2.05, 4.69) is 10.3 Å². The van der Waals surface area contributed by atoms with Gasteiger partial charge in [0.25, 0.3) is 5.91 Å². The van der Waals surface area contributed by atoms with Gasteiger partial charge < -0.3 is 19.5 Å². The summed E-state index contributed by atoms with van der Waals surface area (Å²) < 4.78 is 17.1. The van der Waals surface area contributed by atoms with Gasteiger partial charge >= 0.3 is 5.97 Å². The van der Waals surface area contributed by atoms with E-state index in [1.165, 1.54) is 25.6 Å². The largest absolute Gasteiger partial charge is 0.497 e. The van der Waals surface area contributed by atoms with Gasteiger partial charge in [0.05, 0.1) is 26.3 Å². The molecular formula is C17H17N3O5S. The Morgan fingerprint density at radius 2 is 1.92 bits per heavy atom. The van der Waals surface area contributed by atoms with E-state index in [-0.39, 0.29) is 13.0 Å². The molecule has 9 heteroatoms. The number of esters is 1. The molecule has 0 bridgehead atoms. The second kappa shape index (κ2) is 7.87. The molecule has 1 aromatic carbocycles. The van der Waals surface area contributed by atoms with Gasteiger partial charge in [-0.1, -0.05) is 0 Å². The lowest BCUT2D eigenvalue weighted by molar-refractivity contribution is -0.146. The van der Waals surface area contributed by atoms with Crippen molar-refractivity contribution < 1.29 is 23.8 Å². The van der Waals surface area contributed by atoms with Gasteiger partial charge in [0.15, 0.2) is 11.6 Å². The lowest BCUT2D eigenvalue weighted by Crippen LogP contribution is -2.21. The van der Waals surface area contributed by atoms with E-state index in [4.69, 9.17) is 14.2 Å². The molecule has 1 amide bonds.